The van der Waals surface area contributed by atoms with Gasteiger partial charge < -0.3 is 11.1 Å². The number of hydrogen-bond acceptors (Lipinski definition) is 1. The highest BCUT2D eigenvalue weighted by Gasteiger charge is 2.16. The second-order valence-electron chi connectivity index (χ2n) is 4.79. The van der Waals surface area contributed by atoms with E-state index in [1.54, 1.807) is 12.1 Å². The van der Waals surface area contributed by atoms with Crippen LogP contribution in [0.4, 0.5) is 4.39 Å². The van der Waals surface area contributed by atoms with E-state index < -0.39 is 0 Å². The van der Waals surface area contributed by atoms with Crippen LogP contribution in [0.25, 0.3) is 0 Å². The van der Waals surface area contributed by atoms with Gasteiger partial charge in [-0.05, 0) is 36.8 Å². The summed E-state index contributed by atoms with van der Waals surface area (Å²) < 4.78 is 13.3. The largest absolute Gasteiger partial charge is 0.370 e. The van der Waals surface area contributed by atoms with E-state index in [9.17, 15) is 4.39 Å². The molecule has 4 heteroatoms. The summed E-state index contributed by atoms with van der Waals surface area (Å²) in [6, 6.07) is 6.80. The van der Waals surface area contributed by atoms with Gasteiger partial charge in [0.15, 0.2) is 5.96 Å². The van der Waals surface area contributed by atoms with E-state index in [0.717, 1.165) is 12.5 Å². The molecule has 3 nitrogen and oxygen atoms in total. The first-order chi connectivity index (χ1) is 8.75. The normalized spacial score (nSPS) is 16.4. The van der Waals surface area contributed by atoms with E-state index >= 15 is 0 Å². The standard InChI is InChI=1S/C14H20FN3/c15-13-7-2-1-6-12(13)8-9-17-14(16)18-10-11-4-3-5-11/h1-2,6-7,11H,3-5,8-10H2,(H3,16,17,18). The van der Waals surface area contributed by atoms with E-state index in [0.29, 0.717) is 24.5 Å². The average molecular weight is 249 g/mol. The molecular weight excluding hydrogens is 229 g/mol. The average Bonchev–Trinajstić information content (AvgIpc) is 2.30. The van der Waals surface area contributed by atoms with Crippen molar-refractivity contribution >= 4 is 5.96 Å². The predicted molar refractivity (Wildman–Crippen MR) is 71.9 cm³/mol. The molecule has 1 aromatic carbocycles. The summed E-state index contributed by atoms with van der Waals surface area (Å²) in [7, 11) is 0. The van der Waals surface area contributed by atoms with E-state index in [1.807, 2.05) is 6.07 Å². The van der Waals surface area contributed by atoms with Crippen molar-refractivity contribution in [2.45, 2.75) is 25.7 Å². The van der Waals surface area contributed by atoms with Gasteiger partial charge in [-0.1, -0.05) is 24.6 Å². The number of nitrogens with zero attached hydrogens (tertiary/aromatic N) is 1. The summed E-state index contributed by atoms with van der Waals surface area (Å²) in [5.41, 5.74) is 6.45. The van der Waals surface area contributed by atoms with Crippen LogP contribution in [-0.2, 0) is 6.42 Å². The molecule has 0 aromatic heterocycles. The molecule has 0 bridgehead atoms. The first-order valence-electron chi connectivity index (χ1n) is 6.53. The Bertz CT molecular complexity index is 413. The summed E-state index contributed by atoms with van der Waals surface area (Å²) >= 11 is 0. The number of nitrogens with two attached hydrogens (primary N) is 1. The minimum absolute atomic E-state index is 0.163. The first-order valence-corrected chi connectivity index (χ1v) is 6.53. The Kier molecular flexibility index (Phi) is 4.56. The lowest BCUT2D eigenvalue weighted by Crippen LogP contribution is -2.34. The lowest BCUT2D eigenvalue weighted by molar-refractivity contribution is 0.326. The number of nitrogens with one attached hydrogen (secondary N) is 1. The Labute approximate surface area is 107 Å². The molecule has 1 aliphatic rings. The monoisotopic (exact) mass is 249 g/mol. The van der Waals surface area contributed by atoms with Crippen LogP contribution in [0.1, 0.15) is 24.8 Å². The molecule has 0 amide bonds. The van der Waals surface area contributed by atoms with Crippen LogP contribution in [0.3, 0.4) is 0 Å². The number of halogens is 1. The van der Waals surface area contributed by atoms with Crippen LogP contribution in [0.5, 0.6) is 0 Å². The Balaban J connectivity index is 1.69. The molecular formula is C14H20FN3. The van der Waals surface area contributed by atoms with E-state index in [4.69, 9.17) is 5.73 Å². The number of hydrogen-bond donors (Lipinski definition) is 2. The van der Waals surface area contributed by atoms with Gasteiger partial charge in [-0.3, -0.25) is 4.99 Å². The molecule has 0 radical (unpaired) electrons. The fourth-order valence-electron chi connectivity index (χ4n) is 1.99. The molecule has 2 rings (SSSR count). The number of rotatable bonds is 5. The maximum Gasteiger partial charge on any atom is 0.188 e. The van der Waals surface area contributed by atoms with Crippen molar-refractivity contribution < 1.29 is 4.39 Å². The third-order valence-corrected chi connectivity index (χ3v) is 3.40. The maximum absolute atomic E-state index is 13.3. The zero-order valence-electron chi connectivity index (χ0n) is 10.5. The topological polar surface area (TPSA) is 50.4 Å². The summed E-state index contributed by atoms with van der Waals surface area (Å²) in [5, 5.41) is 3.02. The summed E-state index contributed by atoms with van der Waals surface area (Å²) in [6.07, 6.45) is 4.48. The fourth-order valence-corrected chi connectivity index (χ4v) is 1.99. The fraction of sp³-hybridized carbons (Fsp3) is 0.500. The van der Waals surface area contributed by atoms with Gasteiger partial charge in [0.2, 0.25) is 0 Å². The molecule has 1 aromatic rings. The minimum Gasteiger partial charge on any atom is -0.370 e. The lowest BCUT2D eigenvalue weighted by atomic mass is 9.86. The molecule has 0 aliphatic heterocycles. The Morgan fingerprint density at radius 2 is 2.17 bits per heavy atom. The van der Waals surface area contributed by atoms with Crippen molar-refractivity contribution in [1.29, 1.82) is 0 Å². The minimum atomic E-state index is -0.163. The van der Waals surface area contributed by atoms with Crippen LogP contribution in [-0.4, -0.2) is 19.0 Å². The van der Waals surface area contributed by atoms with Crippen molar-refractivity contribution in [3.05, 3.63) is 35.6 Å². The highest BCUT2D eigenvalue weighted by molar-refractivity contribution is 5.77. The Morgan fingerprint density at radius 1 is 1.39 bits per heavy atom. The van der Waals surface area contributed by atoms with Gasteiger partial charge >= 0.3 is 0 Å². The van der Waals surface area contributed by atoms with E-state index in [1.165, 1.54) is 25.3 Å². The van der Waals surface area contributed by atoms with Gasteiger partial charge in [-0.15, -0.1) is 0 Å². The highest BCUT2D eigenvalue weighted by Crippen LogP contribution is 2.26. The summed E-state index contributed by atoms with van der Waals surface area (Å²) in [5.74, 6) is 1.03. The van der Waals surface area contributed by atoms with Gasteiger partial charge in [0.05, 0.1) is 0 Å². The van der Waals surface area contributed by atoms with Crippen molar-refractivity contribution in [2.75, 3.05) is 13.1 Å². The SMILES string of the molecule is NC(=NCC1CCC1)NCCc1ccccc1F. The van der Waals surface area contributed by atoms with Crippen molar-refractivity contribution in [2.24, 2.45) is 16.6 Å². The quantitative estimate of drug-likeness (QED) is 0.620. The third-order valence-electron chi connectivity index (χ3n) is 3.40. The van der Waals surface area contributed by atoms with Crippen molar-refractivity contribution in [1.82, 2.24) is 5.32 Å². The zero-order chi connectivity index (χ0) is 12.8. The Hall–Kier alpha value is -1.58. The molecule has 0 atom stereocenters. The molecule has 1 saturated carbocycles. The van der Waals surface area contributed by atoms with Gasteiger partial charge in [0.25, 0.3) is 0 Å². The van der Waals surface area contributed by atoms with Gasteiger partial charge in [-0.2, -0.15) is 0 Å². The second-order valence-corrected chi connectivity index (χ2v) is 4.79. The van der Waals surface area contributed by atoms with Crippen LogP contribution in [0.2, 0.25) is 0 Å². The molecule has 0 unspecified atom stereocenters. The molecule has 3 N–H and O–H groups in total. The van der Waals surface area contributed by atoms with Crippen molar-refractivity contribution in [3.8, 4) is 0 Å². The molecule has 0 saturated heterocycles. The number of guanidine groups is 1. The molecule has 0 spiro atoms. The number of benzene rings is 1. The predicted octanol–water partition coefficient (Wildman–Crippen LogP) is 2.07. The zero-order valence-corrected chi connectivity index (χ0v) is 10.5. The second kappa shape index (κ2) is 6.38. The molecule has 0 heterocycles. The lowest BCUT2D eigenvalue weighted by Gasteiger charge is -2.23. The maximum atomic E-state index is 13.3. The smallest absolute Gasteiger partial charge is 0.188 e. The van der Waals surface area contributed by atoms with Gasteiger partial charge in [-0.25, -0.2) is 4.39 Å². The van der Waals surface area contributed by atoms with Gasteiger partial charge in [0.1, 0.15) is 5.82 Å². The van der Waals surface area contributed by atoms with E-state index in [2.05, 4.69) is 10.3 Å². The summed E-state index contributed by atoms with van der Waals surface area (Å²) in [6.45, 7) is 1.43. The van der Waals surface area contributed by atoms with E-state index in [-0.39, 0.29) is 5.82 Å². The van der Waals surface area contributed by atoms with Gasteiger partial charge in [0, 0.05) is 13.1 Å². The molecule has 1 aliphatic carbocycles. The third kappa shape index (κ3) is 3.72. The summed E-state index contributed by atoms with van der Waals surface area (Å²) in [4.78, 5) is 4.29. The van der Waals surface area contributed by atoms with Crippen molar-refractivity contribution in [3.63, 3.8) is 0 Å². The highest BCUT2D eigenvalue weighted by atomic mass is 19.1. The molecule has 1 fully saturated rings. The Morgan fingerprint density at radius 3 is 2.83 bits per heavy atom. The molecule has 98 valence electrons. The van der Waals surface area contributed by atoms with Crippen LogP contribution < -0.4 is 11.1 Å². The molecule has 18 heavy (non-hydrogen) atoms. The van der Waals surface area contributed by atoms with Crippen LogP contribution >= 0.6 is 0 Å². The first kappa shape index (κ1) is 12.9. The van der Waals surface area contributed by atoms with Crippen LogP contribution in [0, 0.1) is 11.7 Å². The number of aliphatic imine (C=N–C) groups is 1. The van der Waals surface area contributed by atoms with Crippen LogP contribution in [0.15, 0.2) is 29.3 Å².